The SMILES string of the molecule is COc1ccc(OC)c2c1C(=O)C=C(NCC(OC)OC)C2=O. The fourth-order valence-corrected chi connectivity index (χ4v) is 2.37. The van der Waals surface area contributed by atoms with Crippen LogP contribution in [-0.4, -0.2) is 52.8 Å². The van der Waals surface area contributed by atoms with Gasteiger partial charge in [0.2, 0.25) is 5.78 Å². The van der Waals surface area contributed by atoms with Crippen LogP contribution in [0.4, 0.5) is 0 Å². The van der Waals surface area contributed by atoms with Gasteiger partial charge < -0.3 is 24.3 Å². The predicted octanol–water partition coefficient (Wildman–Crippen LogP) is 1.18. The molecule has 0 fully saturated rings. The molecule has 0 aliphatic heterocycles. The standard InChI is InChI=1S/C16H19NO6/c1-20-11-5-6-12(21-2)15-14(11)10(18)7-9(16(15)19)17-8-13(22-3)23-4/h5-7,13,17H,8H2,1-4H3. The van der Waals surface area contributed by atoms with Gasteiger partial charge in [-0.25, -0.2) is 0 Å². The van der Waals surface area contributed by atoms with Gasteiger partial charge in [-0.1, -0.05) is 0 Å². The van der Waals surface area contributed by atoms with Crippen molar-refractivity contribution < 1.29 is 28.5 Å². The third kappa shape index (κ3) is 3.20. The molecule has 23 heavy (non-hydrogen) atoms. The molecule has 0 unspecified atom stereocenters. The minimum absolute atomic E-state index is 0.160. The van der Waals surface area contributed by atoms with Crippen LogP contribution in [0.25, 0.3) is 0 Å². The Morgan fingerprint density at radius 1 is 0.957 bits per heavy atom. The van der Waals surface area contributed by atoms with E-state index in [0.717, 1.165) is 0 Å². The highest BCUT2D eigenvalue weighted by atomic mass is 16.7. The maximum atomic E-state index is 12.7. The third-order valence-corrected chi connectivity index (χ3v) is 3.55. The van der Waals surface area contributed by atoms with Gasteiger partial charge in [0, 0.05) is 20.3 Å². The first kappa shape index (κ1) is 17.0. The van der Waals surface area contributed by atoms with Crippen LogP contribution in [0.1, 0.15) is 20.7 Å². The highest BCUT2D eigenvalue weighted by molar-refractivity contribution is 6.26. The predicted molar refractivity (Wildman–Crippen MR) is 82.1 cm³/mol. The van der Waals surface area contributed by atoms with E-state index in [4.69, 9.17) is 18.9 Å². The van der Waals surface area contributed by atoms with Gasteiger partial charge >= 0.3 is 0 Å². The number of allylic oxidation sites excluding steroid dienone is 2. The lowest BCUT2D eigenvalue weighted by molar-refractivity contribution is -0.0974. The molecule has 0 saturated carbocycles. The van der Waals surface area contributed by atoms with Crippen molar-refractivity contribution in [3.63, 3.8) is 0 Å². The Kier molecular flexibility index (Phi) is 5.36. The number of Topliss-reactive ketones (excluding diaryl/α,β-unsaturated/α-hetero) is 1. The van der Waals surface area contributed by atoms with Crippen molar-refractivity contribution in [3.05, 3.63) is 35.0 Å². The molecule has 2 rings (SSSR count). The lowest BCUT2D eigenvalue weighted by atomic mass is 9.91. The zero-order valence-electron chi connectivity index (χ0n) is 13.5. The Hall–Kier alpha value is -2.38. The number of fused-ring (bicyclic) bond motifs is 1. The highest BCUT2D eigenvalue weighted by Crippen LogP contribution is 2.35. The molecule has 0 aromatic heterocycles. The Morgan fingerprint density at radius 3 is 2.04 bits per heavy atom. The molecule has 1 aliphatic rings. The van der Waals surface area contributed by atoms with Crippen LogP contribution >= 0.6 is 0 Å². The van der Waals surface area contributed by atoms with Gasteiger partial charge in [-0.3, -0.25) is 9.59 Å². The second-order valence-electron chi connectivity index (χ2n) is 4.75. The first-order valence-electron chi connectivity index (χ1n) is 6.92. The van der Waals surface area contributed by atoms with Gasteiger partial charge in [0.15, 0.2) is 12.1 Å². The number of benzene rings is 1. The van der Waals surface area contributed by atoms with Crippen molar-refractivity contribution in [2.24, 2.45) is 0 Å². The summed E-state index contributed by atoms with van der Waals surface area (Å²) < 4.78 is 20.5. The second kappa shape index (κ2) is 7.26. The van der Waals surface area contributed by atoms with Crippen LogP contribution in [0.15, 0.2) is 23.9 Å². The fraction of sp³-hybridized carbons (Fsp3) is 0.375. The van der Waals surface area contributed by atoms with E-state index in [9.17, 15) is 9.59 Å². The van der Waals surface area contributed by atoms with E-state index in [1.807, 2.05) is 0 Å². The Morgan fingerprint density at radius 2 is 1.52 bits per heavy atom. The summed E-state index contributed by atoms with van der Waals surface area (Å²) in [5.74, 6) is -0.0202. The van der Waals surface area contributed by atoms with Crippen LogP contribution in [0.3, 0.4) is 0 Å². The number of carbonyl (C=O) groups excluding carboxylic acids is 2. The molecule has 0 radical (unpaired) electrons. The molecule has 0 saturated heterocycles. The van der Waals surface area contributed by atoms with Crippen molar-refractivity contribution in [1.82, 2.24) is 5.32 Å². The van der Waals surface area contributed by atoms with Crippen LogP contribution in [0.5, 0.6) is 11.5 Å². The smallest absolute Gasteiger partial charge is 0.213 e. The van der Waals surface area contributed by atoms with E-state index in [-0.39, 0.29) is 34.9 Å². The Balaban J connectivity index is 2.38. The van der Waals surface area contributed by atoms with Crippen molar-refractivity contribution >= 4 is 11.6 Å². The van der Waals surface area contributed by atoms with E-state index < -0.39 is 6.29 Å². The lowest BCUT2D eigenvalue weighted by Crippen LogP contribution is -2.34. The van der Waals surface area contributed by atoms with Crippen LogP contribution < -0.4 is 14.8 Å². The number of rotatable bonds is 7. The van der Waals surface area contributed by atoms with Crippen molar-refractivity contribution in [2.75, 3.05) is 35.0 Å². The third-order valence-electron chi connectivity index (χ3n) is 3.55. The number of hydrogen-bond donors (Lipinski definition) is 1. The average molecular weight is 321 g/mol. The molecule has 124 valence electrons. The number of ether oxygens (including phenoxy) is 4. The van der Waals surface area contributed by atoms with Crippen LogP contribution in [-0.2, 0) is 9.47 Å². The maximum absolute atomic E-state index is 12.7. The summed E-state index contributed by atoms with van der Waals surface area (Å²) in [6.45, 7) is 0.222. The highest BCUT2D eigenvalue weighted by Gasteiger charge is 2.32. The molecule has 1 N–H and O–H groups in total. The summed E-state index contributed by atoms with van der Waals surface area (Å²) in [5, 5.41) is 2.88. The number of nitrogens with one attached hydrogen (secondary N) is 1. The molecule has 1 aromatic rings. The Labute approximate surface area is 134 Å². The first-order valence-corrected chi connectivity index (χ1v) is 6.92. The molecule has 1 aromatic carbocycles. The van der Waals surface area contributed by atoms with E-state index in [1.54, 1.807) is 12.1 Å². The summed E-state index contributed by atoms with van der Waals surface area (Å²) in [6.07, 6.45) is 0.710. The first-order chi connectivity index (χ1) is 11.1. The fourth-order valence-electron chi connectivity index (χ4n) is 2.37. The maximum Gasteiger partial charge on any atom is 0.213 e. The quantitative estimate of drug-likeness (QED) is 0.755. The van der Waals surface area contributed by atoms with Gasteiger partial charge in [0.1, 0.15) is 11.5 Å². The van der Waals surface area contributed by atoms with Gasteiger partial charge in [-0.2, -0.15) is 0 Å². The van der Waals surface area contributed by atoms with Gasteiger partial charge in [-0.15, -0.1) is 0 Å². The molecule has 0 atom stereocenters. The zero-order valence-corrected chi connectivity index (χ0v) is 13.5. The summed E-state index contributed by atoms with van der Waals surface area (Å²) in [7, 11) is 5.86. The van der Waals surface area contributed by atoms with E-state index in [1.165, 1.54) is 34.5 Å². The zero-order chi connectivity index (χ0) is 17.0. The summed E-state index contributed by atoms with van der Waals surface area (Å²) in [4.78, 5) is 25.1. The van der Waals surface area contributed by atoms with Crippen molar-refractivity contribution in [3.8, 4) is 11.5 Å². The number of carbonyl (C=O) groups is 2. The minimum atomic E-state index is -0.535. The average Bonchev–Trinajstić information content (AvgIpc) is 2.58. The lowest BCUT2D eigenvalue weighted by Gasteiger charge is -2.22. The van der Waals surface area contributed by atoms with Gasteiger partial charge in [0.25, 0.3) is 0 Å². The van der Waals surface area contributed by atoms with Crippen molar-refractivity contribution in [2.45, 2.75) is 6.29 Å². The van der Waals surface area contributed by atoms with Crippen molar-refractivity contribution in [1.29, 1.82) is 0 Å². The van der Waals surface area contributed by atoms with E-state index in [0.29, 0.717) is 11.5 Å². The minimum Gasteiger partial charge on any atom is -0.496 e. The van der Waals surface area contributed by atoms with Crippen LogP contribution in [0.2, 0.25) is 0 Å². The number of methoxy groups -OCH3 is 4. The molecule has 7 nitrogen and oxygen atoms in total. The number of hydrogen-bond acceptors (Lipinski definition) is 7. The van der Waals surface area contributed by atoms with Crippen LogP contribution in [0, 0.1) is 0 Å². The molecular weight excluding hydrogens is 302 g/mol. The van der Waals surface area contributed by atoms with Gasteiger partial charge in [-0.05, 0) is 12.1 Å². The second-order valence-corrected chi connectivity index (χ2v) is 4.75. The van der Waals surface area contributed by atoms with E-state index >= 15 is 0 Å². The number of ketones is 2. The molecule has 0 amide bonds. The van der Waals surface area contributed by atoms with E-state index in [2.05, 4.69) is 5.32 Å². The molecule has 0 spiro atoms. The summed E-state index contributed by atoms with van der Waals surface area (Å²) >= 11 is 0. The largest absolute Gasteiger partial charge is 0.496 e. The summed E-state index contributed by atoms with van der Waals surface area (Å²) in [5.41, 5.74) is 0.554. The molecule has 1 aliphatic carbocycles. The Bertz CT molecular complexity index is 648. The summed E-state index contributed by atoms with van der Waals surface area (Å²) in [6, 6.07) is 3.19. The normalized spacial score (nSPS) is 13.7. The molecule has 0 heterocycles. The molecular formula is C16H19NO6. The van der Waals surface area contributed by atoms with Gasteiger partial charge in [0.05, 0.1) is 37.6 Å². The monoisotopic (exact) mass is 321 g/mol. The molecule has 0 bridgehead atoms. The topological polar surface area (TPSA) is 83.1 Å². The molecule has 7 heteroatoms.